The lowest BCUT2D eigenvalue weighted by Crippen LogP contribution is -2.25. The SMILES string of the molecule is C[C@H](NCC(O)c1ccccc1Cl)c1ccccc1Br. The average Bonchev–Trinajstić information content (AvgIpc) is 2.45. The van der Waals surface area contributed by atoms with Crippen LogP contribution in [0.5, 0.6) is 0 Å². The molecule has 0 amide bonds. The molecule has 2 nitrogen and oxygen atoms in total. The molecular weight excluding hydrogens is 338 g/mol. The van der Waals surface area contributed by atoms with Crippen LogP contribution in [0.4, 0.5) is 0 Å². The van der Waals surface area contributed by atoms with Crippen LogP contribution in [0.25, 0.3) is 0 Å². The Morgan fingerprint density at radius 2 is 1.70 bits per heavy atom. The lowest BCUT2D eigenvalue weighted by Gasteiger charge is -2.19. The van der Waals surface area contributed by atoms with E-state index in [0.29, 0.717) is 11.6 Å². The molecule has 0 saturated carbocycles. The first-order valence-electron chi connectivity index (χ1n) is 6.50. The van der Waals surface area contributed by atoms with Crippen molar-refractivity contribution in [2.24, 2.45) is 0 Å². The normalized spacial score (nSPS) is 14.0. The van der Waals surface area contributed by atoms with Gasteiger partial charge in [0.05, 0.1) is 6.10 Å². The molecule has 0 aliphatic heterocycles. The van der Waals surface area contributed by atoms with Gasteiger partial charge in [0.2, 0.25) is 0 Å². The molecule has 0 radical (unpaired) electrons. The summed E-state index contributed by atoms with van der Waals surface area (Å²) in [4.78, 5) is 0. The van der Waals surface area contributed by atoms with Crippen LogP contribution < -0.4 is 5.32 Å². The molecule has 0 saturated heterocycles. The van der Waals surface area contributed by atoms with Crippen LogP contribution in [-0.2, 0) is 0 Å². The number of aliphatic hydroxyl groups excluding tert-OH is 1. The molecule has 106 valence electrons. The maximum atomic E-state index is 10.2. The molecule has 0 aliphatic rings. The minimum absolute atomic E-state index is 0.141. The first kappa shape index (κ1) is 15.5. The average molecular weight is 355 g/mol. The van der Waals surface area contributed by atoms with Gasteiger partial charge in [-0.3, -0.25) is 0 Å². The van der Waals surface area contributed by atoms with Crippen LogP contribution >= 0.6 is 27.5 Å². The summed E-state index contributed by atoms with van der Waals surface area (Å²) < 4.78 is 1.06. The second-order valence-corrected chi connectivity index (χ2v) is 5.95. The van der Waals surface area contributed by atoms with E-state index in [0.717, 1.165) is 10.0 Å². The van der Waals surface area contributed by atoms with E-state index in [2.05, 4.69) is 34.2 Å². The summed E-state index contributed by atoms with van der Waals surface area (Å²) in [5.41, 5.74) is 1.92. The lowest BCUT2D eigenvalue weighted by molar-refractivity contribution is 0.171. The summed E-state index contributed by atoms with van der Waals surface area (Å²) in [7, 11) is 0. The van der Waals surface area contributed by atoms with Gasteiger partial charge in [0.1, 0.15) is 0 Å². The number of nitrogens with one attached hydrogen (secondary N) is 1. The van der Waals surface area contributed by atoms with Gasteiger partial charge in [0.15, 0.2) is 0 Å². The standard InChI is InChI=1S/C16H17BrClNO/c1-11(12-6-2-4-8-14(12)17)19-10-16(20)13-7-3-5-9-15(13)18/h2-9,11,16,19-20H,10H2,1H3/t11-,16?/m0/s1. The van der Waals surface area contributed by atoms with Gasteiger partial charge in [-0.05, 0) is 24.6 Å². The van der Waals surface area contributed by atoms with Crippen molar-refractivity contribution >= 4 is 27.5 Å². The Labute approximate surface area is 132 Å². The van der Waals surface area contributed by atoms with Crippen molar-refractivity contribution in [1.82, 2.24) is 5.32 Å². The van der Waals surface area contributed by atoms with Crippen LogP contribution in [0.3, 0.4) is 0 Å². The predicted octanol–water partition coefficient (Wildman–Crippen LogP) is 4.49. The first-order chi connectivity index (χ1) is 9.59. The second kappa shape index (κ2) is 7.23. The Bertz CT molecular complexity index is 524. The highest BCUT2D eigenvalue weighted by Crippen LogP contribution is 2.25. The van der Waals surface area contributed by atoms with Crippen molar-refractivity contribution in [2.45, 2.75) is 19.1 Å². The lowest BCUT2D eigenvalue weighted by atomic mass is 10.1. The molecule has 0 spiro atoms. The van der Waals surface area contributed by atoms with E-state index in [-0.39, 0.29) is 6.04 Å². The maximum absolute atomic E-state index is 10.2. The molecule has 0 heterocycles. The molecule has 2 atom stereocenters. The molecule has 0 aliphatic carbocycles. The summed E-state index contributed by atoms with van der Waals surface area (Å²) >= 11 is 9.62. The Hall–Kier alpha value is -0.870. The molecule has 0 fully saturated rings. The highest BCUT2D eigenvalue weighted by molar-refractivity contribution is 9.10. The summed E-state index contributed by atoms with van der Waals surface area (Å²) in [5.74, 6) is 0. The molecule has 4 heteroatoms. The van der Waals surface area contributed by atoms with Gasteiger partial charge in [-0.15, -0.1) is 0 Å². The van der Waals surface area contributed by atoms with Gasteiger partial charge in [-0.25, -0.2) is 0 Å². The number of halogens is 2. The number of hydrogen-bond donors (Lipinski definition) is 2. The van der Waals surface area contributed by atoms with E-state index >= 15 is 0 Å². The van der Waals surface area contributed by atoms with Gasteiger partial charge >= 0.3 is 0 Å². The fourth-order valence-electron chi connectivity index (χ4n) is 2.08. The minimum atomic E-state index is -0.617. The van der Waals surface area contributed by atoms with E-state index in [1.807, 2.05) is 36.4 Å². The van der Waals surface area contributed by atoms with Gasteiger partial charge in [0.25, 0.3) is 0 Å². The first-order valence-corrected chi connectivity index (χ1v) is 7.67. The van der Waals surface area contributed by atoms with Crippen LogP contribution in [0.1, 0.15) is 30.2 Å². The number of benzene rings is 2. The van der Waals surface area contributed by atoms with Gasteiger partial charge < -0.3 is 10.4 Å². The summed E-state index contributed by atoms with van der Waals surface area (Å²) in [5, 5.41) is 14.1. The predicted molar refractivity (Wildman–Crippen MR) is 87.0 cm³/mol. The molecule has 2 aromatic rings. The quantitative estimate of drug-likeness (QED) is 0.829. The smallest absolute Gasteiger partial charge is 0.0928 e. The number of aliphatic hydroxyl groups is 1. The molecule has 1 unspecified atom stereocenters. The topological polar surface area (TPSA) is 32.3 Å². The Balaban J connectivity index is 1.99. The van der Waals surface area contributed by atoms with E-state index in [1.165, 1.54) is 5.56 Å². The van der Waals surface area contributed by atoms with Crippen molar-refractivity contribution in [3.8, 4) is 0 Å². The van der Waals surface area contributed by atoms with Crippen molar-refractivity contribution in [2.75, 3.05) is 6.54 Å². The Morgan fingerprint density at radius 1 is 1.10 bits per heavy atom. The molecule has 2 rings (SSSR count). The highest BCUT2D eigenvalue weighted by Gasteiger charge is 2.14. The fourth-order valence-corrected chi connectivity index (χ4v) is 2.97. The number of rotatable bonds is 5. The molecule has 0 bridgehead atoms. The van der Waals surface area contributed by atoms with Crippen molar-refractivity contribution in [3.05, 3.63) is 69.2 Å². The van der Waals surface area contributed by atoms with Crippen molar-refractivity contribution < 1.29 is 5.11 Å². The minimum Gasteiger partial charge on any atom is -0.387 e. The molecule has 2 N–H and O–H groups in total. The maximum Gasteiger partial charge on any atom is 0.0928 e. The van der Waals surface area contributed by atoms with Crippen molar-refractivity contribution in [3.63, 3.8) is 0 Å². The fraction of sp³-hybridized carbons (Fsp3) is 0.250. The van der Waals surface area contributed by atoms with Crippen LogP contribution in [0.15, 0.2) is 53.0 Å². The molecule has 2 aromatic carbocycles. The monoisotopic (exact) mass is 353 g/mol. The number of hydrogen-bond acceptors (Lipinski definition) is 2. The molecule has 20 heavy (non-hydrogen) atoms. The zero-order valence-corrected chi connectivity index (χ0v) is 13.5. The van der Waals surface area contributed by atoms with Crippen LogP contribution in [0.2, 0.25) is 5.02 Å². The van der Waals surface area contributed by atoms with Gasteiger partial charge in [-0.2, -0.15) is 0 Å². The molecule has 0 aromatic heterocycles. The van der Waals surface area contributed by atoms with Gasteiger partial charge in [0, 0.05) is 27.6 Å². The highest BCUT2D eigenvalue weighted by atomic mass is 79.9. The van der Waals surface area contributed by atoms with E-state index in [4.69, 9.17) is 11.6 Å². The molecular formula is C16H17BrClNO. The summed E-state index contributed by atoms with van der Waals surface area (Å²) in [6.07, 6.45) is -0.617. The van der Waals surface area contributed by atoms with E-state index < -0.39 is 6.10 Å². The van der Waals surface area contributed by atoms with Crippen LogP contribution in [0, 0.1) is 0 Å². The second-order valence-electron chi connectivity index (χ2n) is 4.69. The van der Waals surface area contributed by atoms with E-state index in [9.17, 15) is 5.11 Å². The largest absolute Gasteiger partial charge is 0.387 e. The van der Waals surface area contributed by atoms with Crippen LogP contribution in [-0.4, -0.2) is 11.7 Å². The summed E-state index contributed by atoms with van der Waals surface area (Å²) in [6, 6.07) is 15.6. The summed E-state index contributed by atoms with van der Waals surface area (Å²) in [6.45, 7) is 2.52. The third kappa shape index (κ3) is 3.83. The van der Waals surface area contributed by atoms with E-state index in [1.54, 1.807) is 6.07 Å². The van der Waals surface area contributed by atoms with Crippen molar-refractivity contribution in [1.29, 1.82) is 0 Å². The third-order valence-electron chi connectivity index (χ3n) is 3.25. The zero-order chi connectivity index (χ0) is 14.5. The third-order valence-corrected chi connectivity index (χ3v) is 4.32. The Kier molecular flexibility index (Phi) is 5.61. The van der Waals surface area contributed by atoms with Gasteiger partial charge in [-0.1, -0.05) is 63.9 Å². The zero-order valence-electron chi connectivity index (χ0n) is 11.2. The Morgan fingerprint density at radius 3 is 2.35 bits per heavy atom.